The SMILES string of the molecule is CC(NP(=O)(OC[C@H]1O[C@@H](n2ccc(N)nc2=O)C(F)(F)[C@@H]1O)Oc1ccccc1)C(=O)O. The summed E-state index contributed by atoms with van der Waals surface area (Å²) in [7, 11) is -4.44. The smallest absolute Gasteiger partial charge is 0.459 e. The van der Waals surface area contributed by atoms with Gasteiger partial charge in [0.25, 0.3) is 0 Å². The fourth-order valence-electron chi connectivity index (χ4n) is 2.88. The molecule has 2 aromatic rings. The molecule has 1 aromatic carbocycles. The Morgan fingerprint density at radius 2 is 2.06 bits per heavy atom. The van der Waals surface area contributed by atoms with Crippen LogP contribution < -0.4 is 21.0 Å². The van der Waals surface area contributed by atoms with Gasteiger partial charge < -0.3 is 25.2 Å². The number of aromatic nitrogens is 2. The molecule has 3 rings (SSSR count). The van der Waals surface area contributed by atoms with Gasteiger partial charge in [-0.3, -0.25) is 13.9 Å². The molecule has 1 aliphatic rings. The quantitative estimate of drug-likeness (QED) is 0.369. The van der Waals surface area contributed by atoms with E-state index < -0.39 is 56.4 Å². The minimum absolute atomic E-state index is 0.0431. The number of nitrogens with two attached hydrogens (primary N) is 1. The summed E-state index contributed by atoms with van der Waals surface area (Å²) in [6.07, 6.45) is -5.54. The maximum Gasteiger partial charge on any atom is 0.459 e. The van der Waals surface area contributed by atoms with Gasteiger partial charge in [-0.05, 0) is 25.1 Å². The zero-order valence-corrected chi connectivity index (χ0v) is 18.0. The lowest BCUT2D eigenvalue weighted by Gasteiger charge is -2.23. The molecule has 1 saturated heterocycles. The van der Waals surface area contributed by atoms with Gasteiger partial charge in [0.1, 0.15) is 23.7 Å². The number of para-hydroxylation sites is 1. The average molecular weight is 490 g/mol. The lowest BCUT2D eigenvalue weighted by atomic mass is 10.1. The summed E-state index contributed by atoms with van der Waals surface area (Å²) in [4.78, 5) is 26.5. The molecule has 0 aliphatic carbocycles. The van der Waals surface area contributed by atoms with Crippen LogP contribution in [0.5, 0.6) is 5.75 Å². The molecule has 15 heteroatoms. The van der Waals surface area contributed by atoms with Crippen LogP contribution in [0.15, 0.2) is 47.4 Å². The van der Waals surface area contributed by atoms with Gasteiger partial charge in [-0.25, -0.2) is 9.36 Å². The topological polar surface area (TPSA) is 175 Å². The molecule has 2 heterocycles. The molecular formula is C18H21F2N4O8P. The third kappa shape index (κ3) is 5.54. The number of aliphatic hydroxyl groups excluding tert-OH is 1. The zero-order chi connectivity index (χ0) is 24.4. The molecule has 0 spiro atoms. The van der Waals surface area contributed by atoms with Crippen molar-refractivity contribution >= 4 is 19.5 Å². The van der Waals surface area contributed by atoms with Crippen molar-refractivity contribution in [3.05, 3.63) is 53.1 Å². The fraction of sp³-hybridized carbons (Fsp3) is 0.389. The molecule has 1 aliphatic heterocycles. The molecule has 5 N–H and O–H groups in total. The largest absolute Gasteiger partial charge is 0.480 e. The van der Waals surface area contributed by atoms with E-state index in [-0.39, 0.29) is 11.6 Å². The molecule has 2 unspecified atom stereocenters. The highest BCUT2D eigenvalue weighted by Crippen LogP contribution is 2.47. The minimum Gasteiger partial charge on any atom is -0.480 e. The van der Waals surface area contributed by atoms with Crippen LogP contribution in [0.2, 0.25) is 0 Å². The maximum atomic E-state index is 14.7. The molecule has 0 saturated carbocycles. The van der Waals surface area contributed by atoms with Gasteiger partial charge in [-0.2, -0.15) is 18.9 Å². The summed E-state index contributed by atoms with van der Waals surface area (Å²) in [5.74, 6) is -5.49. The second kappa shape index (κ2) is 9.53. The van der Waals surface area contributed by atoms with Gasteiger partial charge in [-0.15, -0.1) is 0 Å². The Kier molecular flexibility index (Phi) is 7.14. The number of hydrogen-bond donors (Lipinski definition) is 4. The van der Waals surface area contributed by atoms with E-state index in [1.807, 2.05) is 0 Å². The number of aliphatic hydroxyl groups is 1. The molecule has 1 aromatic heterocycles. The lowest BCUT2D eigenvalue weighted by molar-refractivity contribution is -0.141. The van der Waals surface area contributed by atoms with Gasteiger partial charge in [0, 0.05) is 6.20 Å². The molecule has 33 heavy (non-hydrogen) atoms. The van der Waals surface area contributed by atoms with Crippen molar-refractivity contribution in [2.75, 3.05) is 12.3 Å². The Bertz CT molecular complexity index is 1100. The number of carbonyl (C=O) groups is 1. The minimum atomic E-state index is -4.44. The number of carboxylic acid groups (broad SMARTS) is 1. The van der Waals surface area contributed by atoms with E-state index in [2.05, 4.69) is 10.1 Å². The van der Waals surface area contributed by atoms with Crippen LogP contribution in [0.4, 0.5) is 14.6 Å². The number of nitrogens with one attached hydrogen (secondary N) is 1. The van der Waals surface area contributed by atoms with E-state index in [4.69, 9.17) is 24.6 Å². The first-order valence-electron chi connectivity index (χ1n) is 9.49. The van der Waals surface area contributed by atoms with Crippen molar-refractivity contribution in [3.8, 4) is 5.75 Å². The average Bonchev–Trinajstić information content (AvgIpc) is 2.96. The summed E-state index contributed by atoms with van der Waals surface area (Å²) in [6, 6.07) is 7.26. The number of benzene rings is 1. The normalized spacial score (nSPS) is 24.7. The Balaban J connectivity index is 1.80. The standard InChI is InChI=1S/C18H21F2N4O8P/c1-10(15(26)27)23-33(29,32-11-5-3-2-4-6-11)30-9-12-14(25)18(19,20)16(31-12)24-8-7-13(21)22-17(24)28/h2-8,10,12,14,16,25H,9H2,1H3,(H,23,29)(H,26,27)(H2,21,22,28)/t10?,12-,14-,16-,33?/m1/s1. The second-order valence-electron chi connectivity index (χ2n) is 7.08. The second-order valence-corrected chi connectivity index (χ2v) is 8.77. The molecule has 0 bridgehead atoms. The number of nitrogens with zero attached hydrogens (tertiary/aromatic N) is 2. The molecular weight excluding hydrogens is 469 g/mol. The van der Waals surface area contributed by atoms with E-state index in [0.717, 1.165) is 19.2 Å². The Hall–Kier alpha value is -2.90. The summed E-state index contributed by atoms with van der Waals surface area (Å²) >= 11 is 0. The van der Waals surface area contributed by atoms with Crippen LogP contribution >= 0.6 is 7.75 Å². The summed E-state index contributed by atoms with van der Waals surface area (Å²) in [6.45, 7) is 0.270. The molecule has 5 atom stereocenters. The van der Waals surface area contributed by atoms with Crippen molar-refractivity contribution in [1.82, 2.24) is 14.6 Å². The highest BCUT2D eigenvalue weighted by atomic mass is 31.2. The van der Waals surface area contributed by atoms with E-state index in [1.165, 1.54) is 12.1 Å². The predicted molar refractivity (Wildman–Crippen MR) is 109 cm³/mol. The van der Waals surface area contributed by atoms with Crippen LogP contribution in [0, 0.1) is 0 Å². The maximum absolute atomic E-state index is 14.7. The Morgan fingerprint density at radius 3 is 2.67 bits per heavy atom. The van der Waals surface area contributed by atoms with Gasteiger partial charge in [0.05, 0.1) is 6.61 Å². The van der Waals surface area contributed by atoms with E-state index in [1.54, 1.807) is 18.2 Å². The molecule has 180 valence electrons. The summed E-state index contributed by atoms with van der Waals surface area (Å²) in [5.41, 5.74) is 4.22. The van der Waals surface area contributed by atoms with Crippen LogP contribution in [-0.2, 0) is 18.6 Å². The number of rotatable bonds is 9. The predicted octanol–water partition coefficient (Wildman–Crippen LogP) is 0.985. The first-order valence-corrected chi connectivity index (χ1v) is 11.0. The number of ether oxygens (including phenoxy) is 1. The highest BCUT2D eigenvalue weighted by molar-refractivity contribution is 7.52. The highest BCUT2D eigenvalue weighted by Gasteiger charge is 2.60. The van der Waals surface area contributed by atoms with Crippen molar-refractivity contribution < 1.29 is 42.1 Å². The molecule has 12 nitrogen and oxygen atoms in total. The van der Waals surface area contributed by atoms with Crippen LogP contribution in [0.3, 0.4) is 0 Å². The molecule has 0 amide bonds. The van der Waals surface area contributed by atoms with Crippen LogP contribution in [-0.4, -0.2) is 56.5 Å². The monoisotopic (exact) mass is 490 g/mol. The summed E-state index contributed by atoms with van der Waals surface area (Å²) < 4.78 is 58.5. The molecule has 1 fully saturated rings. The fourth-order valence-corrected chi connectivity index (χ4v) is 4.39. The number of carboxylic acids is 1. The van der Waals surface area contributed by atoms with Crippen LogP contribution in [0.1, 0.15) is 13.2 Å². The van der Waals surface area contributed by atoms with E-state index >= 15 is 0 Å². The Morgan fingerprint density at radius 1 is 1.39 bits per heavy atom. The number of nitrogen functional groups attached to an aromatic ring is 1. The number of anilines is 1. The number of alkyl halides is 2. The third-order valence-corrected chi connectivity index (χ3v) is 6.23. The van der Waals surface area contributed by atoms with Gasteiger partial charge in [-0.1, -0.05) is 18.2 Å². The van der Waals surface area contributed by atoms with Crippen molar-refractivity contribution in [2.24, 2.45) is 0 Å². The van der Waals surface area contributed by atoms with Crippen molar-refractivity contribution in [2.45, 2.75) is 37.3 Å². The third-order valence-electron chi connectivity index (χ3n) is 4.58. The van der Waals surface area contributed by atoms with E-state index in [0.29, 0.717) is 4.57 Å². The first kappa shape index (κ1) is 24.7. The summed E-state index contributed by atoms with van der Waals surface area (Å²) in [5, 5.41) is 21.4. The van der Waals surface area contributed by atoms with Crippen molar-refractivity contribution in [3.63, 3.8) is 0 Å². The van der Waals surface area contributed by atoms with Gasteiger partial charge >= 0.3 is 25.3 Å². The number of hydrogen-bond acceptors (Lipinski definition) is 9. The van der Waals surface area contributed by atoms with Crippen LogP contribution in [0.25, 0.3) is 0 Å². The molecule has 0 radical (unpaired) electrons. The number of halogens is 2. The van der Waals surface area contributed by atoms with Gasteiger partial charge in [0.15, 0.2) is 6.10 Å². The van der Waals surface area contributed by atoms with E-state index in [9.17, 15) is 28.0 Å². The zero-order valence-electron chi connectivity index (χ0n) is 17.1. The van der Waals surface area contributed by atoms with Crippen molar-refractivity contribution in [1.29, 1.82) is 0 Å². The Labute approximate surface area is 185 Å². The number of aliphatic carboxylic acids is 1. The first-order chi connectivity index (χ1) is 15.4. The van der Waals surface area contributed by atoms with Gasteiger partial charge in [0.2, 0.25) is 6.23 Å². The lowest BCUT2D eigenvalue weighted by Crippen LogP contribution is -2.42.